The van der Waals surface area contributed by atoms with Crippen molar-refractivity contribution in [2.45, 2.75) is 32.8 Å². The third-order valence-corrected chi connectivity index (χ3v) is 4.21. The van der Waals surface area contributed by atoms with Gasteiger partial charge in [0.05, 0.1) is 11.8 Å². The van der Waals surface area contributed by atoms with Crippen LogP contribution in [0.1, 0.15) is 26.7 Å². The van der Waals surface area contributed by atoms with Crippen molar-refractivity contribution in [2.75, 3.05) is 44.7 Å². The lowest BCUT2D eigenvalue weighted by molar-refractivity contribution is 0.112. The van der Waals surface area contributed by atoms with Gasteiger partial charge >= 0.3 is 6.03 Å². The molecule has 24 heavy (non-hydrogen) atoms. The highest BCUT2D eigenvalue weighted by molar-refractivity contribution is 5.90. The molecule has 1 heterocycles. The molecule has 0 bridgehead atoms. The minimum Gasteiger partial charge on any atom is -0.490 e. The third kappa shape index (κ3) is 6.02. The van der Waals surface area contributed by atoms with Gasteiger partial charge in [0.25, 0.3) is 0 Å². The maximum absolute atomic E-state index is 12.1. The lowest BCUT2D eigenvalue weighted by Crippen LogP contribution is -2.35. The molecule has 1 fully saturated rings. The molecule has 2 rings (SSSR count). The predicted molar refractivity (Wildman–Crippen MR) is 95.7 cm³/mol. The molecule has 2 amide bonds. The molecule has 1 atom stereocenters. The summed E-state index contributed by atoms with van der Waals surface area (Å²) < 4.78 is 11.3. The van der Waals surface area contributed by atoms with Crippen LogP contribution in [0.25, 0.3) is 0 Å². The van der Waals surface area contributed by atoms with Gasteiger partial charge in [0, 0.05) is 19.7 Å². The SMILES string of the molecule is CCN(CC)CCOc1ccccc1NC(=O)NCC1CCCO1. The van der Waals surface area contributed by atoms with Crippen LogP contribution in [0.4, 0.5) is 10.5 Å². The molecule has 1 aromatic rings. The predicted octanol–water partition coefficient (Wildman–Crippen LogP) is 2.71. The van der Waals surface area contributed by atoms with E-state index in [4.69, 9.17) is 9.47 Å². The molecule has 0 saturated carbocycles. The van der Waals surface area contributed by atoms with Gasteiger partial charge in [0.15, 0.2) is 0 Å². The van der Waals surface area contributed by atoms with Gasteiger partial charge in [-0.25, -0.2) is 4.79 Å². The van der Waals surface area contributed by atoms with E-state index >= 15 is 0 Å². The van der Waals surface area contributed by atoms with E-state index < -0.39 is 0 Å². The summed E-state index contributed by atoms with van der Waals surface area (Å²) in [6.07, 6.45) is 2.21. The van der Waals surface area contributed by atoms with Crippen LogP contribution in [0.3, 0.4) is 0 Å². The number of benzene rings is 1. The van der Waals surface area contributed by atoms with Gasteiger partial charge in [-0.2, -0.15) is 0 Å². The number of urea groups is 1. The molecule has 1 aliphatic heterocycles. The van der Waals surface area contributed by atoms with Gasteiger partial charge in [-0.05, 0) is 38.1 Å². The van der Waals surface area contributed by atoms with Gasteiger partial charge < -0.3 is 25.0 Å². The van der Waals surface area contributed by atoms with E-state index in [1.807, 2.05) is 24.3 Å². The van der Waals surface area contributed by atoms with E-state index in [1.165, 1.54) is 0 Å². The maximum atomic E-state index is 12.1. The molecule has 0 spiro atoms. The van der Waals surface area contributed by atoms with Crippen molar-refractivity contribution in [2.24, 2.45) is 0 Å². The normalized spacial score (nSPS) is 17.0. The summed E-state index contributed by atoms with van der Waals surface area (Å²) in [6, 6.07) is 7.27. The lowest BCUT2D eigenvalue weighted by atomic mass is 10.2. The average Bonchev–Trinajstić information content (AvgIpc) is 3.12. The zero-order chi connectivity index (χ0) is 17.2. The van der Waals surface area contributed by atoms with Gasteiger partial charge in [-0.15, -0.1) is 0 Å². The number of hydrogen-bond acceptors (Lipinski definition) is 4. The van der Waals surface area contributed by atoms with Crippen LogP contribution in [0.2, 0.25) is 0 Å². The van der Waals surface area contributed by atoms with Crippen molar-refractivity contribution in [1.29, 1.82) is 0 Å². The number of carbonyl (C=O) groups excluding carboxylic acids is 1. The largest absolute Gasteiger partial charge is 0.490 e. The second kappa shape index (κ2) is 10.2. The molecule has 134 valence electrons. The van der Waals surface area contributed by atoms with Crippen LogP contribution < -0.4 is 15.4 Å². The van der Waals surface area contributed by atoms with E-state index in [0.29, 0.717) is 24.6 Å². The van der Waals surface area contributed by atoms with Crippen LogP contribution in [-0.4, -0.2) is 56.4 Å². The molecule has 6 nitrogen and oxygen atoms in total. The summed E-state index contributed by atoms with van der Waals surface area (Å²) in [5.41, 5.74) is 0.682. The average molecular weight is 335 g/mol. The molecular formula is C18H29N3O3. The van der Waals surface area contributed by atoms with Gasteiger partial charge in [-0.1, -0.05) is 26.0 Å². The van der Waals surface area contributed by atoms with E-state index in [2.05, 4.69) is 29.4 Å². The number of nitrogens with one attached hydrogen (secondary N) is 2. The first-order valence-corrected chi connectivity index (χ1v) is 8.83. The Kier molecular flexibility index (Phi) is 7.85. The Morgan fingerprint density at radius 2 is 2.12 bits per heavy atom. The zero-order valence-corrected chi connectivity index (χ0v) is 14.7. The topological polar surface area (TPSA) is 62.8 Å². The summed E-state index contributed by atoms with van der Waals surface area (Å²) in [4.78, 5) is 14.4. The van der Waals surface area contributed by atoms with Crippen LogP contribution >= 0.6 is 0 Å². The number of nitrogens with zero attached hydrogens (tertiary/aromatic N) is 1. The van der Waals surface area contributed by atoms with E-state index in [0.717, 1.165) is 39.1 Å². The summed E-state index contributed by atoms with van der Waals surface area (Å²) >= 11 is 0. The van der Waals surface area contributed by atoms with Gasteiger partial charge in [0.1, 0.15) is 12.4 Å². The Hall–Kier alpha value is -1.79. The minimum absolute atomic E-state index is 0.135. The standard InChI is InChI=1S/C18H29N3O3/c1-3-21(4-2)11-13-24-17-10-6-5-9-16(17)20-18(22)19-14-15-8-7-12-23-15/h5-6,9-10,15H,3-4,7-8,11-14H2,1-2H3,(H2,19,20,22). The number of amides is 2. The summed E-state index contributed by atoms with van der Waals surface area (Å²) in [6.45, 7) is 9.07. The van der Waals surface area contributed by atoms with Crippen molar-refractivity contribution >= 4 is 11.7 Å². The Morgan fingerprint density at radius 3 is 2.83 bits per heavy atom. The summed E-state index contributed by atoms with van der Waals surface area (Å²) in [5.74, 6) is 0.692. The van der Waals surface area contributed by atoms with E-state index in [1.54, 1.807) is 0 Å². The number of hydrogen-bond donors (Lipinski definition) is 2. The van der Waals surface area contributed by atoms with Gasteiger partial charge in [0.2, 0.25) is 0 Å². The minimum atomic E-state index is -0.231. The molecule has 1 unspecified atom stereocenters. The summed E-state index contributed by atoms with van der Waals surface area (Å²) in [7, 11) is 0. The van der Waals surface area contributed by atoms with Crippen molar-refractivity contribution in [3.63, 3.8) is 0 Å². The van der Waals surface area contributed by atoms with Crippen molar-refractivity contribution in [3.05, 3.63) is 24.3 Å². The smallest absolute Gasteiger partial charge is 0.319 e. The first-order chi connectivity index (χ1) is 11.7. The fourth-order valence-corrected chi connectivity index (χ4v) is 2.70. The first kappa shape index (κ1) is 18.5. The van der Waals surface area contributed by atoms with Gasteiger partial charge in [-0.3, -0.25) is 0 Å². The molecule has 0 aliphatic carbocycles. The number of para-hydroxylation sites is 2. The Balaban J connectivity index is 1.80. The number of likely N-dealkylation sites (N-methyl/N-ethyl adjacent to an activating group) is 1. The number of rotatable bonds is 9. The van der Waals surface area contributed by atoms with E-state index in [-0.39, 0.29) is 12.1 Å². The lowest BCUT2D eigenvalue weighted by Gasteiger charge is -2.19. The molecule has 0 radical (unpaired) electrons. The number of anilines is 1. The Bertz CT molecular complexity index is 500. The second-order valence-corrected chi connectivity index (χ2v) is 5.84. The Morgan fingerprint density at radius 1 is 1.33 bits per heavy atom. The molecule has 1 aromatic carbocycles. The molecule has 2 N–H and O–H groups in total. The highest BCUT2D eigenvalue weighted by atomic mass is 16.5. The van der Waals surface area contributed by atoms with Crippen LogP contribution in [0, 0.1) is 0 Å². The fourth-order valence-electron chi connectivity index (χ4n) is 2.70. The number of carbonyl (C=O) groups is 1. The molecule has 1 saturated heterocycles. The molecular weight excluding hydrogens is 306 g/mol. The van der Waals surface area contributed by atoms with E-state index in [9.17, 15) is 4.79 Å². The van der Waals surface area contributed by atoms with Crippen molar-refractivity contribution in [3.8, 4) is 5.75 Å². The maximum Gasteiger partial charge on any atom is 0.319 e. The second-order valence-electron chi connectivity index (χ2n) is 5.84. The Labute approximate surface area is 144 Å². The zero-order valence-electron chi connectivity index (χ0n) is 14.7. The highest BCUT2D eigenvalue weighted by Gasteiger charge is 2.16. The van der Waals surface area contributed by atoms with Crippen LogP contribution in [-0.2, 0) is 4.74 Å². The number of ether oxygens (including phenoxy) is 2. The quantitative estimate of drug-likeness (QED) is 0.728. The third-order valence-electron chi connectivity index (χ3n) is 4.21. The van der Waals surface area contributed by atoms with Crippen LogP contribution in [0.5, 0.6) is 5.75 Å². The molecule has 6 heteroatoms. The molecule has 1 aliphatic rings. The van der Waals surface area contributed by atoms with Crippen molar-refractivity contribution in [1.82, 2.24) is 10.2 Å². The first-order valence-electron chi connectivity index (χ1n) is 8.83. The fraction of sp³-hybridized carbons (Fsp3) is 0.611. The van der Waals surface area contributed by atoms with Crippen LogP contribution in [0.15, 0.2) is 24.3 Å². The molecule has 0 aromatic heterocycles. The summed E-state index contributed by atoms with van der Waals surface area (Å²) in [5, 5.41) is 5.71. The van der Waals surface area contributed by atoms with Crippen molar-refractivity contribution < 1.29 is 14.3 Å². The highest BCUT2D eigenvalue weighted by Crippen LogP contribution is 2.23. The monoisotopic (exact) mass is 335 g/mol.